The Morgan fingerprint density at radius 1 is 1.12 bits per heavy atom. The molecule has 0 spiro atoms. The van der Waals surface area contributed by atoms with Crippen LogP contribution >= 0.6 is 0 Å². The standard InChI is InChI=1S/C18H28N4O2/c23-16(14-20-10-12-24-13-11-20)22-8-3-7-21-9-6-19-18(21)17(22)15-4-1-2-5-15/h6,9,15,17H,1-5,7-8,10-14H2. The number of rotatable bonds is 3. The summed E-state index contributed by atoms with van der Waals surface area (Å²) in [5, 5.41) is 0. The molecule has 2 fully saturated rings. The maximum absolute atomic E-state index is 13.1. The molecule has 1 aromatic rings. The lowest BCUT2D eigenvalue weighted by Gasteiger charge is -2.35. The van der Waals surface area contributed by atoms with Crippen molar-refractivity contribution >= 4 is 5.91 Å². The summed E-state index contributed by atoms with van der Waals surface area (Å²) in [5.41, 5.74) is 0. The maximum Gasteiger partial charge on any atom is 0.237 e. The lowest BCUT2D eigenvalue weighted by atomic mass is 9.95. The number of ether oxygens (including phenoxy) is 1. The van der Waals surface area contributed by atoms with Gasteiger partial charge in [-0.25, -0.2) is 4.98 Å². The molecule has 6 nitrogen and oxygen atoms in total. The van der Waals surface area contributed by atoms with E-state index in [0.717, 1.165) is 51.6 Å². The van der Waals surface area contributed by atoms with Crippen LogP contribution in [0.4, 0.5) is 0 Å². The average molecular weight is 332 g/mol. The highest BCUT2D eigenvalue weighted by Crippen LogP contribution is 2.40. The number of hydrogen-bond acceptors (Lipinski definition) is 4. The molecule has 2 aliphatic heterocycles. The van der Waals surface area contributed by atoms with Gasteiger partial charge in [0.15, 0.2) is 0 Å². The first kappa shape index (κ1) is 16.1. The van der Waals surface area contributed by atoms with Crippen LogP contribution in [-0.2, 0) is 16.1 Å². The molecule has 1 atom stereocenters. The first-order valence-electron chi connectivity index (χ1n) is 9.43. The second kappa shape index (κ2) is 7.23. The van der Waals surface area contributed by atoms with Gasteiger partial charge in [0, 0.05) is 38.6 Å². The van der Waals surface area contributed by atoms with Crippen LogP contribution in [0.15, 0.2) is 12.4 Å². The molecule has 132 valence electrons. The van der Waals surface area contributed by atoms with Gasteiger partial charge in [0.1, 0.15) is 5.82 Å². The van der Waals surface area contributed by atoms with Crippen LogP contribution in [0, 0.1) is 5.92 Å². The second-order valence-electron chi connectivity index (χ2n) is 7.30. The minimum Gasteiger partial charge on any atom is -0.379 e. The molecular formula is C18H28N4O2. The zero-order chi connectivity index (χ0) is 16.4. The molecule has 0 bridgehead atoms. The Balaban J connectivity index is 1.55. The third-order valence-electron chi connectivity index (χ3n) is 5.78. The van der Waals surface area contributed by atoms with Crippen LogP contribution in [0.5, 0.6) is 0 Å². The summed E-state index contributed by atoms with van der Waals surface area (Å²) in [6, 6.07) is 0.165. The molecule has 3 heterocycles. The number of morpholine rings is 1. The molecule has 0 aromatic carbocycles. The van der Waals surface area contributed by atoms with Crippen LogP contribution in [0.3, 0.4) is 0 Å². The van der Waals surface area contributed by atoms with Crippen LogP contribution in [0.25, 0.3) is 0 Å². The lowest BCUT2D eigenvalue weighted by Crippen LogP contribution is -2.47. The SMILES string of the molecule is O=C(CN1CCOCC1)N1CCCn2ccnc2C1C1CCCC1. The number of carbonyl (C=O) groups excluding carboxylic acids is 1. The van der Waals surface area contributed by atoms with Crippen molar-refractivity contribution in [2.45, 2.75) is 44.7 Å². The van der Waals surface area contributed by atoms with E-state index >= 15 is 0 Å². The summed E-state index contributed by atoms with van der Waals surface area (Å²) in [4.78, 5) is 22.2. The predicted octanol–water partition coefficient (Wildman–Crippen LogP) is 1.68. The van der Waals surface area contributed by atoms with Gasteiger partial charge < -0.3 is 14.2 Å². The van der Waals surface area contributed by atoms with Crippen LogP contribution in [-0.4, -0.2) is 64.7 Å². The molecule has 1 saturated carbocycles. The maximum atomic E-state index is 13.1. The number of nitrogens with zero attached hydrogens (tertiary/aromatic N) is 4. The molecular weight excluding hydrogens is 304 g/mol. The fraction of sp³-hybridized carbons (Fsp3) is 0.778. The summed E-state index contributed by atoms with van der Waals surface area (Å²) in [7, 11) is 0. The van der Waals surface area contributed by atoms with Gasteiger partial charge in [0.05, 0.1) is 25.8 Å². The number of amides is 1. The van der Waals surface area contributed by atoms with Crippen molar-refractivity contribution in [3.05, 3.63) is 18.2 Å². The van der Waals surface area contributed by atoms with E-state index in [9.17, 15) is 4.79 Å². The van der Waals surface area contributed by atoms with Crippen LogP contribution in [0.1, 0.15) is 44.0 Å². The highest BCUT2D eigenvalue weighted by atomic mass is 16.5. The van der Waals surface area contributed by atoms with E-state index in [0.29, 0.717) is 12.5 Å². The fourth-order valence-corrected chi connectivity index (χ4v) is 4.53. The smallest absolute Gasteiger partial charge is 0.237 e. The Kier molecular flexibility index (Phi) is 4.85. The number of fused-ring (bicyclic) bond motifs is 1. The zero-order valence-electron chi connectivity index (χ0n) is 14.4. The fourth-order valence-electron chi connectivity index (χ4n) is 4.53. The van der Waals surface area contributed by atoms with Crippen molar-refractivity contribution in [3.63, 3.8) is 0 Å². The van der Waals surface area contributed by atoms with Gasteiger partial charge in [0.2, 0.25) is 5.91 Å². The second-order valence-corrected chi connectivity index (χ2v) is 7.30. The average Bonchev–Trinajstić information content (AvgIpc) is 3.25. The van der Waals surface area contributed by atoms with E-state index in [1.165, 1.54) is 25.7 Å². The molecule has 1 saturated heterocycles. The third-order valence-corrected chi connectivity index (χ3v) is 5.78. The number of hydrogen-bond donors (Lipinski definition) is 0. The molecule has 1 aromatic heterocycles. The molecule has 1 amide bonds. The van der Waals surface area contributed by atoms with Crippen molar-refractivity contribution in [3.8, 4) is 0 Å². The van der Waals surface area contributed by atoms with E-state index in [-0.39, 0.29) is 11.9 Å². The van der Waals surface area contributed by atoms with Gasteiger partial charge >= 0.3 is 0 Å². The molecule has 6 heteroatoms. The lowest BCUT2D eigenvalue weighted by molar-refractivity contribution is -0.137. The number of aryl methyl sites for hydroxylation is 1. The van der Waals surface area contributed by atoms with Crippen LogP contribution in [0.2, 0.25) is 0 Å². The number of imidazole rings is 1. The molecule has 1 aliphatic carbocycles. The Labute approximate surface area is 143 Å². The predicted molar refractivity (Wildman–Crippen MR) is 90.5 cm³/mol. The minimum atomic E-state index is 0.165. The van der Waals surface area contributed by atoms with Gasteiger partial charge in [0.25, 0.3) is 0 Å². The normalized spacial score (nSPS) is 26.3. The van der Waals surface area contributed by atoms with Crippen molar-refractivity contribution in [2.24, 2.45) is 5.92 Å². The Hall–Kier alpha value is -1.40. The first-order valence-corrected chi connectivity index (χ1v) is 9.43. The first-order chi connectivity index (χ1) is 11.8. The number of carbonyl (C=O) groups is 1. The Morgan fingerprint density at radius 3 is 2.71 bits per heavy atom. The van der Waals surface area contributed by atoms with E-state index in [2.05, 4.69) is 25.5 Å². The highest BCUT2D eigenvalue weighted by Gasteiger charge is 2.38. The molecule has 24 heavy (non-hydrogen) atoms. The van der Waals surface area contributed by atoms with E-state index < -0.39 is 0 Å². The van der Waals surface area contributed by atoms with Crippen molar-refractivity contribution < 1.29 is 9.53 Å². The van der Waals surface area contributed by atoms with Gasteiger partial charge in [-0.1, -0.05) is 12.8 Å². The summed E-state index contributed by atoms with van der Waals surface area (Å²) < 4.78 is 7.67. The molecule has 4 rings (SSSR count). The van der Waals surface area contributed by atoms with E-state index in [4.69, 9.17) is 4.74 Å². The molecule has 0 N–H and O–H groups in total. The zero-order valence-corrected chi connectivity index (χ0v) is 14.4. The van der Waals surface area contributed by atoms with Crippen LogP contribution < -0.4 is 0 Å². The molecule has 3 aliphatic rings. The summed E-state index contributed by atoms with van der Waals surface area (Å²) in [6.07, 6.45) is 10.0. The quantitative estimate of drug-likeness (QED) is 0.845. The monoisotopic (exact) mass is 332 g/mol. The summed E-state index contributed by atoms with van der Waals surface area (Å²) >= 11 is 0. The summed E-state index contributed by atoms with van der Waals surface area (Å²) in [5.74, 6) is 1.94. The van der Waals surface area contributed by atoms with Gasteiger partial charge in [-0.15, -0.1) is 0 Å². The molecule has 0 radical (unpaired) electrons. The van der Waals surface area contributed by atoms with Crippen molar-refractivity contribution in [1.29, 1.82) is 0 Å². The number of aromatic nitrogens is 2. The Morgan fingerprint density at radius 2 is 1.92 bits per heavy atom. The van der Waals surface area contributed by atoms with Crippen molar-refractivity contribution in [2.75, 3.05) is 39.4 Å². The van der Waals surface area contributed by atoms with Gasteiger partial charge in [-0.2, -0.15) is 0 Å². The Bertz CT molecular complexity index is 561. The van der Waals surface area contributed by atoms with E-state index in [1.807, 2.05) is 6.20 Å². The topological polar surface area (TPSA) is 50.6 Å². The van der Waals surface area contributed by atoms with Gasteiger partial charge in [-0.3, -0.25) is 9.69 Å². The molecule has 1 unspecified atom stereocenters. The van der Waals surface area contributed by atoms with Gasteiger partial charge in [-0.05, 0) is 25.2 Å². The van der Waals surface area contributed by atoms with E-state index in [1.54, 1.807) is 0 Å². The highest BCUT2D eigenvalue weighted by molar-refractivity contribution is 5.78. The largest absolute Gasteiger partial charge is 0.379 e. The minimum absolute atomic E-state index is 0.165. The van der Waals surface area contributed by atoms with Crippen molar-refractivity contribution in [1.82, 2.24) is 19.4 Å². The summed E-state index contributed by atoms with van der Waals surface area (Å²) in [6.45, 7) is 5.55. The third kappa shape index (κ3) is 3.22.